The second kappa shape index (κ2) is 6.52. The Labute approximate surface area is 115 Å². The van der Waals surface area contributed by atoms with E-state index in [4.69, 9.17) is 17.3 Å². The number of primary amides is 1. The molecule has 0 unspecified atom stereocenters. The van der Waals surface area contributed by atoms with Crippen LogP contribution in [0.15, 0.2) is 24.3 Å². The zero-order valence-corrected chi connectivity index (χ0v) is 11.8. The number of hydrogen-bond acceptors (Lipinski definition) is 3. The first-order valence-corrected chi connectivity index (χ1v) is 6.72. The molecule has 0 bridgehead atoms. The summed E-state index contributed by atoms with van der Waals surface area (Å²) in [4.78, 5) is 22.3. The van der Waals surface area contributed by atoms with Crippen LogP contribution in [0.25, 0.3) is 10.1 Å². The number of carbonyl (C=O) groups is 2. The van der Waals surface area contributed by atoms with E-state index in [0.29, 0.717) is 9.90 Å². The number of halogens is 1. The third-order valence-corrected chi connectivity index (χ3v) is 3.26. The van der Waals surface area contributed by atoms with Crippen molar-refractivity contribution in [1.82, 2.24) is 0 Å². The molecule has 5 heteroatoms. The fourth-order valence-corrected chi connectivity index (χ4v) is 2.52. The number of nitrogens with two attached hydrogens (primary N) is 1. The molecular formula is C13H14ClNO2S. The number of ketones is 1. The summed E-state index contributed by atoms with van der Waals surface area (Å²) in [5, 5.41) is 1.48. The Morgan fingerprint density at radius 1 is 1.28 bits per heavy atom. The van der Waals surface area contributed by atoms with E-state index in [1.807, 2.05) is 0 Å². The maximum atomic E-state index is 11.3. The lowest BCUT2D eigenvalue weighted by Crippen LogP contribution is -2.21. The molecule has 0 aliphatic carbocycles. The molecule has 96 valence electrons. The SMILES string of the molecule is CCC.NC(=O)C(=O)c1cc2ccc(Cl)cc2s1. The van der Waals surface area contributed by atoms with E-state index >= 15 is 0 Å². The minimum atomic E-state index is -0.937. The Morgan fingerprint density at radius 3 is 2.44 bits per heavy atom. The summed E-state index contributed by atoms with van der Waals surface area (Å²) in [7, 11) is 0. The highest BCUT2D eigenvalue weighted by molar-refractivity contribution is 7.21. The molecule has 1 aromatic carbocycles. The van der Waals surface area contributed by atoms with Gasteiger partial charge in [-0.3, -0.25) is 9.59 Å². The van der Waals surface area contributed by atoms with Gasteiger partial charge < -0.3 is 5.73 Å². The smallest absolute Gasteiger partial charge is 0.290 e. The molecule has 2 rings (SSSR count). The van der Waals surface area contributed by atoms with Gasteiger partial charge in [0.05, 0.1) is 4.88 Å². The number of fused-ring (bicyclic) bond motifs is 1. The molecule has 0 spiro atoms. The van der Waals surface area contributed by atoms with Crippen molar-refractivity contribution in [2.24, 2.45) is 5.73 Å². The van der Waals surface area contributed by atoms with Crippen molar-refractivity contribution in [2.45, 2.75) is 20.3 Å². The van der Waals surface area contributed by atoms with Gasteiger partial charge in [-0.2, -0.15) is 0 Å². The van der Waals surface area contributed by atoms with Crippen LogP contribution in [-0.2, 0) is 4.79 Å². The van der Waals surface area contributed by atoms with Crippen molar-refractivity contribution in [3.63, 3.8) is 0 Å². The van der Waals surface area contributed by atoms with E-state index in [0.717, 1.165) is 10.1 Å². The molecule has 3 nitrogen and oxygen atoms in total. The zero-order chi connectivity index (χ0) is 13.7. The van der Waals surface area contributed by atoms with Crippen LogP contribution in [0.3, 0.4) is 0 Å². The number of thiophene rings is 1. The second-order valence-corrected chi connectivity index (χ2v) is 5.21. The highest BCUT2D eigenvalue weighted by Gasteiger charge is 2.15. The molecule has 2 N–H and O–H groups in total. The Bertz CT molecular complexity index is 577. The predicted molar refractivity (Wildman–Crippen MR) is 76.3 cm³/mol. The van der Waals surface area contributed by atoms with E-state index in [9.17, 15) is 9.59 Å². The van der Waals surface area contributed by atoms with Gasteiger partial charge in [-0.1, -0.05) is 37.9 Å². The number of hydrogen-bond donors (Lipinski definition) is 1. The number of carbonyl (C=O) groups excluding carboxylic acids is 2. The first-order chi connectivity index (χ1) is 8.49. The van der Waals surface area contributed by atoms with Crippen LogP contribution in [0.1, 0.15) is 29.9 Å². The monoisotopic (exact) mass is 283 g/mol. The standard InChI is InChI=1S/C10H6ClNO2S.C3H8/c11-6-2-1-5-3-8(9(13)10(12)14)15-7(5)4-6;1-3-2/h1-4H,(H2,12,14);3H2,1-2H3. The molecule has 0 saturated carbocycles. The van der Waals surface area contributed by atoms with Crippen molar-refractivity contribution in [3.05, 3.63) is 34.2 Å². The van der Waals surface area contributed by atoms with Crippen molar-refractivity contribution >= 4 is 44.7 Å². The Morgan fingerprint density at radius 2 is 1.89 bits per heavy atom. The van der Waals surface area contributed by atoms with Crippen molar-refractivity contribution < 1.29 is 9.59 Å². The van der Waals surface area contributed by atoms with Gasteiger partial charge in [0.15, 0.2) is 0 Å². The van der Waals surface area contributed by atoms with Crippen molar-refractivity contribution in [1.29, 1.82) is 0 Å². The van der Waals surface area contributed by atoms with Gasteiger partial charge >= 0.3 is 0 Å². The van der Waals surface area contributed by atoms with Crippen LogP contribution in [-0.4, -0.2) is 11.7 Å². The number of benzene rings is 1. The Balaban J connectivity index is 0.000000492. The van der Waals surface area contributed by atoms with Gasteiger partial charge in [-0.15, -0.1) is 11.3 Å². The van der Waals surface area contributed by atoms with Crippen LogP contribution in [0.4, 0.5) is 0 Å². The van der Waals surface area contributed by atoms with Crippen LogP contribution >= 0.6 is 22.9 Å². The van der Waals surface area contributed by atoms with Crippen LogP contribution in [0.2, 0.25) is 5.02 Å². The summed E-state index contributed by atoms with van der Waals surface area (Å²) in [6, 6.07) is 6.92. The third kappa shape index (κ3) is 3.55. The molecular weight excluding hydrogens is 270 g/mol. The molecule has 1 amide bonds. The minimum absolute atomic E-state index is 0.347. The van der Waals surface area contributed by atoms with Crippen molar-refractivity contribution in [3.8, 4) is 0 Å². The normalized spacial score (nSPS) is 9.72. The highest BCUT2D eigenvalue weighted by atomic mass is 35.5. The number of rotatable bonds is 2. The molecule has 2 aromatic rings. The van der Waals surface area contributed by atoms with Crippen LogP contribution < -0.4 is 5.73 Å². The summed E-state index contributed by atoms with van der Waals surface area (Å²) in [5.41, 5.74) is 4.91. The highest BCUT2D eigenvalue weighted by Crippen LogP contribution is 2.28. The maximum absolute atomic E-state index is 11.3. The van der Waals surface area contributed by atoms with Gasteiger partial charge in [-0.05, 0) is 23.6 Å². The molecule has 0 aliphatic heterocycles. The summed E-state index contributed by atoms with van der Waals surface area (Å²) < 4.78 is 0.868. The topological polar surface area (TPSA) is 60.2 Å². The van der Waals surface area contributed by atoms with E-state index in [-0.39, 0.29) is 0 Å². The van der Waals surface area contributed by atoms with Gasteiger partial charge in [-0.25, -0.2) is 0 Å². The lowest BCUT2D eigenvalue weighted by atomic mass is 10.2. The fraction of sp³-hybridized carbons (Fsp3) is 0.231. The summed E-state index contributed by atoms with van der Waals surface area (Å²) in [6.07, 6.45) is 1.25. The molecule has 0 saturated heterocycles. The van der Waals surface area contributed by atoms with Crippen molar-refractivity contribution in [2.75, 3.05) is 0 Å². The summed E-state index contributed by atoms with van der Waals surface area (Å²) >= 11 is 7.01. The lowest BCUT2D eigenvalue weighted by molar-refractivity contribution is -0.114. The molecule has 1 heterocycles. The molecule has 18 heavy (non-hydrogen) atoms. The summed E-state index contributed by atoms with van der Waals surface area (Å²) in [6.45, 7) is 4.25. The predicted octanol–water partition coefficient (Wildman–Crippen LogP) is 3.64. The van der Waals surface area contributed by atoms with Gasteiger partial charge in [0.1, 0.15) is 0 Å². The largest absolute Gasteiger partial charge is 0.363 e. The molecule has 0 aliphatic rings. The zero-order valence-electron chi connectivity index (χ0n) is 10.2. The average molecular weight is 284 g/mol. The summed E-state index contributed by atoms with van der Waals surface area (Å²) in [5.74, 6) is -1.60. The molecule has 0 radical (unpaired) electrons. The Kier molecular flexibility index (Phi) is 5.31. The first kappa shape index (κ1) is 14.7. The third-order valence-electron chi connectivity index (χ3n) is 1.93. The quantitative estimate of drug-likeness (QED) is 0.676. The number of Topliss-reactive ketones (excluding diaryl/α,β-unsaturated/α-hetero) is 1. The van der Waals surface area contributed by atoms with E-state index in [1.165, 1.54) is 17.8 Å². The molecule has 0 atom stereocenters. The minimum Gasteiger partial charge on any atom is -0.363 e. The van der Waals surface area contributed by atoms with Gasteiger partial charge in [0, 0.05) is 9.72 Å². The van der Waals surface area contributed by atoms with Crippen LogP contribution in [0, 0.1) is 0 Å². The number of amides is 1. The molecule has 0 fully saturated rings. The lowest BCUT2D eigenvalue weighted by Gasteiger charge is -1.88. The van der Waals surface area contributed by atoms with Gasteiger partial charge in [0.2, 0.25) is 0 Å². The first-order valence-electron chi connectivity index (χ1n) is 5.52. The maximum Gasteiger partial charge on any atom is 0.290 e. The fourth-order valence-electron chi connectivity index (χ4n) is 1.24. The second-order valence-electron chi connectivity index (χ2n) is 3.69. The molecule has 1 aromatic heterocycles. The Hall–Kier alpha value is -1.39. The van der Waals surface area contributed by atoms with Crippen LogP contribution in [0.5, 0.6) is 0 Å². The average Bonchev–Trinajstić information content (AvgIpc) is 2.71. The van der Waals surface area contributed by atoms with E-state index in [2.05, 4.69) is 13.8 Å². The van der Waals surface area contributed by atoms with E-state index in [1.54, 1.807) is 24.3 Å². The van der Waals surface area contributed by atoms with E-state index < -0.39 is 11.7 Å². The van der Waals surface area contributed by atoms with Gasteiger partial charge in [0.25, 0.3) is 11.7 Å².